The van der Waals surface area contributed by atoms with Crippen molar-refractivity contribution in [1.29, 1.82) is 0 Å². The number of aromatic nitrogens is 3. The van der Waals surface area contributed by atoms with Crippen molar-refractivity contribution in [2.24, 2.45) is 0 Å². The summed E-state index contributed by atoms with van der Waals surface area (Å²) < 4.78 is 0. The fourth-order valence-electron chi connectivity index (χ4n) is 1.14. The minimum absolute atomic E-state index is 0.224. The molecule has 1 N–H and O–H groups in total. The van der Waals surface area contributed by atoms with E-state index in [1.54, 1.807) is 18.5 Å². The van der Waals surface area contributed by atoms with Crippen LogP contribution in [-0.2, 0) is 4.79 Å². The van der Waals surface area contributed by atoms with Crippen molar-refractivity contribution in [3.63, 3.8) is 0 Å². The number of carbonyl (C=O) groups excluding carboxylic acids is 1. The monoisotopic (exact) mass is 246 g/mol. The maximum absolute atomic E-state index is 11.5. The van der Waals surface area contributed by atoms with Crippen LogP contribution in [0.25, 0.3) is 6.08 Å². The predicted molar refractivity (Wildman–Crippen MR) is 66.5 cm³/mol. The van der Waals surface area contributed by atoms with Crippen LogP contribution in [0, 0.1) is 6.92 Å². The summed E-state index contributed by atoms with van der Waals surface area (Å²) in [5.74, 6) is -0.224. The first-order valence-electron chi connectivity index (χ1n) is 4.93. The normalized spacial score (nSPS) is 10.6. The maximum Gasteiger partial charge on any atom is 0.250 e. The van der Waals surface area contributed by atoms with Crippen molar-refractivity contribution in [2.75, 3.05) is 5.32 Å². The van der Waals surface area contributed by atoms with E-state index < -0.39 is 0 Å². The molecule has 2 aromatic rings. The summed E-state index contributed by atoms with van der Waals surface area (Å²) in [5, 5.41) is 11.6. The van der Waals surface area contributed by atoms with Gasteiger partial charge in [-0.05, 0) is 30.7 Å². The van der Waals surface area contributed by atoms with E-state index in [-0.39, 0.29) is 5.91 Å². The number of rotatable bonds is 3. The highest BCUT2D eigenvalue weighted by Gasteiger charge is 2.02. The van der Waals surface area contributed by atoms with E-state index in [4.69, 9.17) is 0 Å². The molecule has 0 bridgehead atoms. The van der Waals surface area contributed by atoms with Crippen LogP contribution in [0.2, 0.25) is 0 Å². The second kappa shape index (κ2) is 5.31. The summed E-state index contributed by atoms with van der Waals surface area (Å²) in [6.07, 6.45) is 6.51. The topological polar surface area (TPSA) is 67.8 Å². The number of nitrogens with zero attached hydrogens (tertiary/aromatic N) is 3. The largest absolute Gasteiger partial charge is 0.297 e. The molecule has 2 rings (SSSR count). The van der Waals surface area contributed by atoms with Crippen molar-refractivity contribution in [1.82, 2.24) is 15.2 Å². The van der Waals surface area contributed by atoms with Crippen LogP contribution in [0.5, 0.6) is 0 Å². The van der Waals surface area contributed by atoms with E-state index in [0.29, 0.717) is 5.13 Å². The fraction of sp³-hybridized carbons (Fsp3) is 0.0909. The van der Waals surface area contributed by atoms with Crippen molar-refractivity contribution >= 4 is 28.5 Å². The summed E-state index contributed by atoms with van der Waals surface area (Å²) in [6, 6.07) is 3.64. The van der Waals surface area contributed by atoms with Gasteiger partial charge in [-0.3, -0.25) is 15.1 Å². The molecule has 2 aromatic heterocycles. The molecule has 1 amide bonds. The first kappa shape index (κ1) is 11.4. The highest BCUT2D eigenvalue weighted by molar-refractivity contribution is 7.15. The van der Waals surface area contributed by atoms with Crippen molar-refractivity contribution in [3.05, 3.63) is 41.2 Å². The van der Waals surface area contributed by atoms with Gasteiger partial charge < -0.3 is 0 Å². The lowest BCUT2D eigenvalue weighted by molar-refractivity contribution is -0.111. The lowest BCUT2D eigenvalue weighted by atomic mass is 10.2. The number of aryl methyl sites for hydroxylation is 1. The summed E-state index contributed by atoms with van der Waals surface area (Å²) in [6.45, 7) is 1.83. The molecular formula is C11H10N4OS. The zero-order valence-electron chi connectivity index (χ0n) is 9.12. The van der Waals surface area contributed by atoms with Gasteiger partial charge in [-0.15, -0.1) is 10.2 Å². The number of carbonyl (C=O) groups is 1. The third-order valence-corrected chi connectivity index (χ3v) is 2.64. The Bertz CT molecular complexity index is 535. The van der Waals surface area contributed by atoms with Gasteiger partial charge in [-0.25, -0.2) is 0 Å². The molecule has 0 unspecified atom stereocenters. The second-order valence-corrected chi connectivity index (χ2v) is 4.41. The Morgan fingerprint density at radius 3 is 2.76 bits per heavy atom. The van der Waals surface area contributed by atoms with E-state index in [2.05, 4.69) is 20.5 Å². The SMILES string of the molecule is Cc1nnc(NC(=O)C=Cc2ccncc2)s1. The standard InChI is InChI=1S/C11H10N4OS/c1-8-14-15-11(17-8)13-10(16)3-2-9-4-6-12-7-5-9/h2-7H,1H3,(H,13,15,16). The van der Waals surface area contributed by atoms with Gasteiger partial charge in [-0.2, -0.15) is 0 Å². The Morgan fingerprint density at radius 2 is 2.12 bits per heavy atom. The van der Waals surface area contributed by atoms with E-state index >= 15 is 0 Å². The molecule has 86 valence electrons. The number of pyridine rings is 1. The van der Waals surface area contributed by atoms with E-state index in [9.17, 15) is 4.79 Å². The first-order valence-corrected chi connectivity index (χ1v) is 5.75. The molecule has 0 spiro atoms. The number of hydrogen-bond acceptors (Lipinski definition) is 5. The van der Waals surface area contributed by atoms with Gasteiger partial charge in [0.05, 0.1) is 0 Å². The predicted octanol–water partition coefficient (Wildman–Crippen LogP) is 1.89. The fourth-order valence-corrected chi connectivity index (χ4v) is 1.74. The average molecular weight is 246 g/mol. The zero-order valence-corrected chi connectivity index (χ0v) is 9.94. The zero-order chi connectivity index (χ0) is 12.1. The molecule has 17 heavy (non-hydrogen) atoms. The summed E-state index contributed by atoms with van der Waals surface area (Å²) >= 11 is 1.34. The van der Waals surface area contributed by atoms with E-state index in [0.717, 1.165) is 10.6 Å². The highest BCUT2D eigenvalue weighted by Crippen LogP contribution is 2.13. The molecule has 0 fully saturated rings. The number of hydrogen-bond donors (Lipinski definition) is 1. The molecule has 0 aliphatic carbocycles. The van der Waals surface area contributed by atoms with Crippen LogP contribution in [-0.4, -0.2) is 21.1 Å². The van der Waals surface area contributed by atoms with E-state index in [1.807, 2.05) is 19.1 Å². The maximum atomic E-state index is 11.5. The molecule has 0 saturated carbocycles. The van der Waals surface area contributed by atoms with Gasteiger partial charge in [0.1, 0.15) is 5.01 Å². The Kier molecular flexibility index (Phi) is 3.56. The first-order chi connectivity index (χ1) is 8.24. The molecule has 2 heterocycles. The minimum Gasteiger partial charge on any atom is -0.297 e. The molecule has 6 heteroatoms. The summed E-state index contributed by atoms with van der Waals surface area (Å²) in [7, 11) is 0. The lowest BCUT2D eigenvalue weighted by Crippen LogP contribution is -2.07. The van der Waals surface area contributed by atoms with Gasteiger partial charge in [-0.1, -0.05) is 11.3 Å². The van der Waals surface area contributed by atoms with Crippen LogP contribution in [0.1, 0.15) is 10.6 Å². The van der Waals surface area contributed by atoms with Crippen molar-refractivity contribution in [3.8, 4) is 0 Å². The van der Waals surface area contributed by atoms with Gasteiger partial charge in [0, 0.05) is 18.5 Å². The Hall–Kier alpha value is -2.08. The average Bonchev–Trinajstić information content (AvgIpc) is 2.73. The number of anilines is 1. The van der Waals surface area contributed by atoms with Crippen LogP contribution in [0.4, 0.5) is 5.13 Å². The van der Waals surface area contributed by atoms with Gasteiger partial charge in [0.2, 0.25) is 11.0 Å². The Balaban J connectivity index is 1.96. The highest BCUT2D eigenvalue weighted by atomic mass is 32.1. The third kappa shape index (κ3) is 3.46. The Morgan fingerprint density at radius 1 is 1.35 bits per heavy atom. The van der Waals surface area contributed by atoms with Crippen LogP contribution < -0.4 is 5.32 Å². The molecule has 0 saturated heterocycles. The summed E-state index contributed by atoms with van der Waals surface area (Å²) in [4.78, 5) is 15.4. The molecule has 0 aromatic carbocycles. The summed E-state index contributed by atoms with van der Waals surface area (Å²) in [5.41, 5.74) is 0.920. The van der Waals surface area contributed by atoms with Crippen LogP contribution in [0.3, 0.4) is 0 Å². The molecule has 0 aliphatic rings. The van der Waals surface area contributed by atoms with Crippen molar-refractivity contribution in [2.45, 2.75) is 6.92 Å². The van der Waals surface area contributed by atoms with Gasteiger partial charge in [0.15, 0.2) is 0 Å². The van der Waals surface area contributed by atoms with Gasteiger partial charge >= 0.3 is 0 Å². The number of nitrogens with one attached hydrogen (secondary N) is 1. The van der Waals surface area contributed by atoms with E-state index in [1.165, 1.54) is 17.4 Å². The Labute approximate surface area is 102 Å². The second-order valence-electron chi connectivity index (χ2n) is 3.23. The third-order valence-electron chi connectivity index (χ3n) is 1.89. The molecule has 0 atom stereocenters. The molecule has 5 nitrogen and oxygen atoms in total. The van der Waals surface area contributed by atoms with Crippen LogP contribution in [0.15, 0.2) is 30.6 Å². The lowest BCUT2D eigenvalue weighted by Gasteiger charge is -1.94. The smallest absolute Gasteiger partial charge is 0.250 e. The molecule has 0 radical (unpaired) electrons. The quantitative estimate of drug-likeness (QED) is 0.840. The molecule has 0 aliphatic heterocycles. The number of amides is 1. The van der Waals surface area contributed by atoms with Crippen molar-refractivity contribution < 1.29 is 4.79 Å². The minimum atomic E-state index is -0.224. The van der Waals surface area contributed by atoms with Gasteiger partial charge in [0.25, 0.3) is 0 Å². The van der Waals surface area contributed by atoms with Crippen LogP contribution >= 0.6 is 11.3 Å². The molecular weight excluding hydrogens is 236 g/mol.